The van der Waals surface area contributed by atoms with Gasteiger partial charge in [-0.1, -0.05) is 17.7 Å². The second-order valence-corrected chi connectivity index (χ2v) is 7.73. The van der Waals surface area contributed by atoms with Crippen molar-refractivity contribution in [2.75, 3.05) is 38.2 Å². The summed E-state index contributed by atoms with van der Waals surface area (Å²) in [6.45, 7) is 7.48. The molecule has 0 atom stereocenters. The van der Waals surface area contributed by atoms with Gasteiger partial charge in [0.25, 0.3) is 11.8 Å². The molecule has 0 saturated carbocycles. The number of morpholine rings is 1. The maximum absolute atomic E-state index is 13.0. The molecule has 0 aliphatic carbocycles. The second-order valence-electron chi connectivity index (χ2n) is 6.71. The average Bonchev–Trinajstić information content (AvgIpc) is 3.04. The molecule has 1 aromatic heterocycles. The topological polar surface area (TPSA) is 84.9 Å². The highest BCUT2D eigenvalue weighted by atomic mass is 32.1. The van der Waals surface area contributed by atoms with Crippen LogP contribution in [0.5, 0.6) is 0 Å². The fourth-order valence-electron chi connectivity index (χ4n) is 3.13. The van der Waals surface area contributed by atoms with Crippen molar-refractivity contribution in [2.45, 2.75) is 20.8 Å². The second kappa shape index (κ2) is 9.19. The highest BCUT2D eigenvalue weighted by molar-refractivity contribution is 7.18. The van der Waals surface area contributed by atoms with Crippen LogP contribution in [-0.2, 0) is 9.47 Å². The zero-order chi connectivity index (χ0) is 21.0. The summed E-state index contributed by atoms with van der Waals surface area (Å²) in [4.78, 5) is 40.4. The van der Waals surface area contributed by atoms with Gasteiger partial charge in [0, 0.05) is 18.7 Å². The molecule has 1 saturated heterocycles. The van der Waals surface area contributed by atoms with Gasteiger partial charge in [-0.3, -0.25) is 9.59 Å². The quantitative estimate of drug-likeness (QED) is 0.756. The van der Waals surface area contributed by atoms with Crippen LogP contribution in [0.1, 0.15) is 48.4 Å². The van der Waals surface area contributed by atoms with Gasteiger partial charge >= 0.3 is 5.97 Å². The van der Waals surface area contributed by atoms with E-state index >= 15 is 0 Å². The summed E-state index contributed by atoms with van der Waals surface area (Å²) in [7, 11) is 0. The van der Waals surface area contributed by atoms with Gasteiger partial charge in [-0.05, 0) is 38.5 Å². The van der Waals surface area contributed by atoms with Crippen molar-refractivity contribution in [1.82, 2.24) is 4.90 Å². The SMILES string of the molecule is CCOC(=O)c1c(NC(=O)c2cccc(C)c2)sc(C(=O)N2CCOCC2)c1C. The summed E-state index contributed by atoms with van der Waals surface area (Å²) in [5.74, 6) is -1.06. The molecule has 1 fully saturated rings. The van der Waals surface area contributed by atoms with Gasteiger partial charge in [0.2, 0.25) is 0 Å². The van der Waals surface area contributed by atoms with E-state index in [2.05, 4.69) is 5.32 Å². The number of hydrogen-bond acceptors (Lipinski definition) is 6. The first-order valence-corrected chi connectivity index (χ1v) is 10.3. The molecule has 1 aliphatic rings. The average molecular weight is 416 g/mol. The number of hydrogen-bond donors (Lipinski definition) is 1. The summed E-state index contributed by atoms with van der Waals surface area (Å²) < 4.78 is 10.5. The summed E-state index contributed by atoms with van der Waals surface area (Å²) in [6.07, 6.45) is 0. The molecule has 0 bridgehead atoms. The maximum atomic E-state index is 13.0. The molecule has 154 valence electrons. The molecular formula is C21H24N2O5S. The van der Waals surface area contributed by atoms with Gasteiger partial charge in [0.1, 0.15) is 5.00 Å². The Morgan fingerprint density at radius 2 is 1.93 bits per heavy atom. The zero-order valence-corrected chi connectivity index (χ0v) is 17.6. The molecular weight excluding hydrogens is 392 g/mol. The highest BCUT2D eigenvalue weighted by Gasteiger charge is 2.29. The van der Waals surface area contributed by atoms with Crippen LogP contribution < -0.4 is 5.32 Å². The number of carbonyl (C=O) groups is 3. The number of aryl methyl sites for hydroxylation is 1. The first-order chi connectivity index (χ1) is 13.9. The Kier molecular flexibility index (Phi) is 6.66. The van der Waals surface area contributed by atoms with E-state index in [1.165, 1.54) is 0 Å². The number of rotatable bonds is 5. The van der Waals surface area contributed by atoms with E-state index in [9.17, 15) is 14.4 Å². The van der Waals surface area contributed by atoms with Crippen molar-refractivity contribution in [3.8, 4) is 0 Å². The van der Waals surface area contributed by atoms with E-state index in [1.807, 2.05) is 13.0 Å². The number of nitrogens with one attached hydrogen (secondary N) is 1. The third-order valence-electron chi connectivity index (χ3n) is 4.63. The number of thiophene rings is 1. The van der Waals surface area contributed by atoms with Crippen molar-refractivity contribution in [3.05, 3.63) is 51.4 Å². The van der Waals surface area contributed by atoms with Crippen molar-refractivity contribution in [2.24, 2.45) is 0 Å². The molecule has 1 aliphatic heterocycles. The number of nitrogens with zero attached hydrogens (tertiary/aromatic N) is 1. The first-order valence-electron chi connectivity index (χ1n) is 9.48. The minimum atomic E-state index is -0.554. The monoisotopic (exact) mass is 416 g/mol. The highest BCUT2D eigenvalue weighted by Crippen LogP contribution is 2.35. The van der Waals surface area contributed by atoms with Gasteiger partial charge in [0.15, 0.2) is 0 Å². The van der Waals surface area contributed by atoms with Crippen LogP contribution in [0.3, 0.4) is 0 Å². The number of carbonyl (C=O) groups excluding carboxylic acids is 3. The molecule has 0 unspecified atom stereocenters. The molecule has 0 radical (unpaired) electrons. The number of anilines is 1. The molecule has 3 rings (SSSR count). The fourth-order valence-corrected chi connectivity index (χ4v) is 4.28. The van der Waals surface area contributed by atoms with Crippen LogP contribution >= 0.6 is 11.3 Å². The van der Waals surface area contributed by atoms with Gasteiger partial charge in [-0.2, -0.15) is 0 Å². The Morgan fingerprint density at radius 3 is 2.59 bits per heavy atom. The van der Waals surface area contributed by atoms with Crippen molar-refractivity contribution < 1.29 is 23.9 Å². The van der Waals surface area contributed by atoms with Crippen LogP contribution in [0.2, 0.25) is 0 Å². The van der Waals surface area contributed by atoms with Crippen LogP contribution in [0.25, 0.3) is 0 Å². The zero-order valence-electron chi connectivity index (χ0n) is 16.7. The first kappa shape index (κ1) is 21.0. The van der Waals surface area contributed by atoms with Crippen molar-refractivity contribution in [1.29, 1.82) is 0 Å². The summed E-state index contributed by atoms with van der Waals surface area (Å²) in [6, 6.07) is 7.16. The number of esters is 1. The van der Waals surface area contributed by atoms with Crippen molar-refractivity contribution >= 4 is 34.1 Å². The minimum absolute atomic E-state index is 0.169. The Labute approximate surface area is 173 Å². The predicted molar refractivity (Wildman–Crippen MR) is 111 cm³/mol. The number of amides is 2. The lowest BCUT2D eigenvalue weighted by Gasteiger charge is -2.26. The molecule has 2 amide bonds. The van der Waals surface area contributed by atoms with Crippen molar-refractivity contribution in [3.63, 3.8) is 0 Å². The van der Waals surface area contributed by atoms with Crippen LogP contribution in [0, 0.1) is 13.8 Å². The number of ether oxygens (including phenoxy) is 2. The molecule has 0 spiro atoms. The van der Waals surface area contributed by atoms with E-state index in [1.54, 1.807) is 36.9 Å². The maximum Gasteiger partial charge on any atom is 0.341 e. The minimum Gasteiger partial charge on any atom is -0.462 e. The lowest BCUT2D eigenvalue weighted by atomic mass is 10.1. The molecule has 1 aromatic carbocycles. The van der Waals surface area contributed by atoms with E-state index in [-0.39, 0.29) is 24.0 Å². The number of benzene rings is 1. The lowest BCUT2D eigenvalue weighted by molar-refractivity contribution is 0.0305. The summed E-state index contributed by atoms with van der Waals surface area (Å²) >= 11 is 1.10. The Bertz CT molecular complexity index is 931. The molecule has 7 nitrogen and oxygen atoms in total. The Hall–Kier alpha value is -2.71. The van der Waals surface area contributed by atoms with E-state index in [0.717, 1.165) is 16.9 Å². The third-order valence-corrected chi connectivity index (χ3v) is 5.82. The van der Waals surface area contributed by atoms with E-state index in [0.29, 0.717) is 47.3 Å². The third kappa shape index (κ3) is 4.65. The van der Waals surface area contributed by atoms with Gasteiger partial charge < -0.3 is 19.7 Å². The molecule has 2 heterocycles. The smallest absolute Gasteiger partial charge is 0.341 e. The fraction of sp³-hybridized carbons (Fsp3) is 0.381. The van der Waals surface area contributed by atoms with Crippen LogP contribution in [0.15, 0.2) is 24.3 Å². The van der Waals surface area contributed by atoms with Crippen LogP contribution in [0.4, 0.5) is 5.00 Å². The predicted octanol–water partition coefficient (Wildman–Crippen LogP) is 3.27. The van der Waals surface area contributed by atoms with Gasteiger partial charge in [0.05, 0.1) is 30.3 Å². The van der Waals surface area contributed by atoms with Gasteiger partial charge in [-0.15, -0.1) is 11.3 Å². The van der Waals surface area contributed by atoms with E-state index in [4.69, 9.17) is 9.47 Å². The van der Waals surface area contributed by atoms with Gasteiger partial charge in [-0.25, -0.2) is 4.79 Å². The standard InChI is InChI=1S/C21H24N2O5S/c1-4-28-21(26)16-14(3)17(20(25)23-8-10-27-11-9-23)29-19(16)22-18(24)15-7-5-6-13(2)12-15/h5-7,12H,4,8-11H2,1-3H3,(H,22,24). The largest absolute Gasteiger partial charge is 0.462 e. The molecule has 8 heteroatoms. The van der Waals surface area contributed by atoms with E-state index < -0.39 is 5.97 Å². The summed E-state index contributed by atoms with van der Waals surface area (Å²) in [5, 5.41) is 3.12. The Balaban J connectivity index is 1.95. The molecule has 29 heavy (non-hydrogen) atoms. The molecule has 2 aromatic rings. The molecule has 1 N–H and O–H groups in total. The van der Waals surface area contributed by atoms with Crippen LogP contribution in [-0.4, -0.2) is 55.6 Å². The lowest BCUT2D eigenvalue weighted by Crippen LogP contribution is -2.40. The Morgan fingerprint density at radius 1 is 1.21 bits per heavy atom. The normalized spacial score (nSPS) is 13.8. The summed E-state index contributed by atoms with van der Waals surface area (Å²) in [5.41, 5.74) is 2.18.